The Morgan fingerprint density at radius 2 is 2.58 bits per heavy atom. The van der Waals surface area contributed by atoms with Gasteiger partial charge in [0.1, 0.15) is 0 Å². The molecule has 0 saturated carbocycles. The minimum Gasteiger partial charge on any atom is -0.326 e. The van der Waals surface area contributed by atoms with Crippen LogP contribution in [0.4, 0.5) is 0 Å². The Labute approximate surface area is 78.6 Å². The second kappa shape index (κ2) is 6.84. The summed E-state index contributed by atoms with van der Waals surface area (Å²) in [6, 6.07) is 0. The second-order valence-corrected chi connectivity index (χ2v) is 5.63. The molecular weight excluding hydrogens is 193 g/mol. The summed E-state index contributed by atoms with van der Waals surface area (Å²) in [6.07, 6.45) is 4.17. The summed E-state index contributed by atoms with van der Waals surface area (Å²) in [5.41, 5.74) is 0. The minimum atomic E-state index is -0.685. The number of nitrogens with zero attached hydrogens (tertiary/aromatic N) is 1. The van der Waals surface area contributed by atoms with Gasteiger partial charge in [-0.05, 0) is 12.8 Å². The quantitative estimate of drug-likeness (QED) is 0.526. The van der Waals surface area contributed by atoms with E-state index in [0.717, 1.165) is 18.8 Å². The molecular formula is C7H14NO2PS. The molecule has 0 aromatic heterocycles. The first kappa shape index (κ1) is 10.5. The largest absolute Gasteiger partial charge is 0.326 e. The highest BCUT2D eigenvalue weighted by molar-refractivity contribution is 8.52. The molecule has 0 aromatic rings. The number of hydrogen-bond acceptors (Lipinski definition) is 4. The Balaban J connectivity index is 2.11. The Morgan fingerprint density at radius 1 is 1.67 bits per heavy atom. The van der Waals surface area contributed by atoms with Crippen molar-refractivity contribution in [1.82, 2.24) is 0 Å². The molecule has 70 valence electrons. The van der Waals surface area contributed by atoms with Crippen LogP contribution in [-0.4, -0.2) is 32.2 Å². The summed E-state index contributed by atoms with van der Waals surface area (Å²) < 4.78 is 11.0. The van der Waals surface area contributed by atoms with Crippen molar-refractivity contribution in [1.29, 1.82) is 0 Å². The summed E-state index contributed by atoms with van der Waals surface area (Å²) in [6.45, 7) is 1.43. The van der Waals surface area contributed by atoms with Crippen molar-refractivity contribution in [3.63, 3.8) is 0 Å². The predicted octanol–water partition coefficient (Wildman–Crippen LogP) is 2.47. The van der Waals surface area contributed by atoms with Crippen LogP contribution in [-0.2, 0) is 9.05 Å². The molecule has 1 atom stereocenters. The van der Waals surface area contributed by atoms with Crippen LogP contribution in [0.15, 0.2) is 4.99 Å². The lowest BCUT2D eigenvalue weighted by Crippen LogP contribution is -1.91. The number of hydrogen-bond donors (Lipinski definition) is 0. The molecule has 1 unspecified atom stereocenters. The van der Waals surface area contributed by atoms with Crippen LogP contribution in [0.3, 0.4) is 0 Å². The van der Waals surface area contributed by atoms with E-state index < -0.39 is 7.58 Å². The summed E-state index contributed by atoms with van der Waals surface area (Å²) in [5.74, 6) is 1.16. The van der Waals surface area contributed by atoms with Gasteiger partial charge >= 0.3 is 0 Å². The molecule has 1 saturated heterocycles. The smallest absolute Gasteiger partial charge is 0.238 e. The fraction of sp³-hybridized carbons (Fsp3) is 0.857. The van der Waals surface area contributed by atoms with Gasteiger partial charge in [-0.1, -0.05) is 11.4 Å². The van der Waals surface area contributed by atoms with Gasteiger partial charge in [-0.2, -0.15) is 0 Å². The van der Waals surface area contributed by atoms with Crippen molar-refractivity contribution in [3.05, 3.63) is 0 Å². The summed E-state index contributed by atoms with van der Waals surface area (Å²) >= 11 is 1.79. The third-order valence-electron chi connectivity index (χ3n) is 1.37. The second-order valence-electron chi connectivity index (χ2n) is 2.33. The van der Waals surface area contributed by atoms with E-state index in [9.17, 15) is 0 Å². The Kier molecular flexibility index (Phi) is 5.96. The fourth-order valence-electron chi connectivity index (χ4n) is 0.763. The third-order valence-corrected chi connectivity index (χ3v) is 4.62. The molecule has 1 aliphatic heterocycles. The van der Waals surface area contributed by atoms with Gasteiger partial charge in [0.15, 0.2) is 0 Å². The van der Waals surface area contributed by atoms with Gasteiger partial charge in [0.25, 0.3) is 0 Å². The van der Waals surface area contributed by atoms with E-state index in [0.29, 0.717) is 6.61 Å². The lowest BCUT2D eigenvalue weighted by molar-refractivity contribution is 0.284. The van der Waals surface area contributed by atoms with E-state index in [1.165, 1.54) is 6.42 Å². The van der Waals surface area contributed by atoms with Crippen LogP contribution in [0.2, 0.25) is 0 Å². The van der Waals surface area contributed by atoms with Crippen molar-refractivity contribution < 1.29 is 9.05 Å². The molecule has 0 aromatic carbocycles. The van der Waals surface area contributed by atoms with E-state index in [4.69, 9.17) is 9.05 Å². The highest BCUT2D eigenvalue weighted by Crippen LogP contribution is 2.53. The predicted molar refractivity (Wildman–Crippen MR) is 54.9 cm³/mol. The van der Waals surface area contributed by atoms with Gasteiger partial charge in [-0.25, -0.2) is 0 Å². The van der Waals surface area contributed by atoms with Crippen LogP contribution in [0.5, 0.6) is 0 Å². The molecule has 0 bridgehead atoms. The van der Waals surface area contributed by atoms with Gasteiger partial charge in [0, 0.05) is 19.0 Å². The minimum absolute atomic E-state index is 0.579. The maximum absolute atomic E-state index is 5.49. The molecule has 0 amide bonds. The average Bonchev–Trinajstić information content (AvgIpc) is 2.33. The zero-order valence-corrected chi connectivity index (χ0v) is 8.94. The summed E-state index contributed by atoms with van der Waals surface area (Å²) in [4.78, 5) is 3.84. The van der Waals surface area contributed by atoms with Crippen LogP contribution in [0.25, 0.3) is 0 Å². The monoisotopic (exact) mass is 207 g/mol. The van der Waals surface area contributed by atoms with E-state index in [-0.39, 0.29) is 0 Å². The number of aliphatic imine (C=N–C) groups is 1. The van der Waals surface area contributed by atoms with E-state index in [1.54, 1.807) is 24.6 Å². The molecule has 3 nitrogen and oxygen atoms in total. The molecule has 0 radical (unpaired) electrons. The van der Waals surface area contributed by atoms with Gasteiger partial charge in [-0.3, -0.25) is 4.99 Å². The van der Waals surface area contributed by atoms with Crippen molar-refractivity contribution in [2.75, 3.05) is 26.0 Å². The highest BCUT2D eigenvalue weighted by Gasteiger charge is 2.13. The van der Waals surface area contributed by atoms with Crippen LogP contribution in [0.1, 0.15) is 12.8 Å². The molecule has 1 heterocycles. The van der Waals surface area contributed by atoms with Crippen LogP contribution in [0, 0.1) is 0 Å². The first-order chi connectivity index (χ1) is 5.93. The molecule has 5 heteroatoms. The van der Waals surface area contributed by atoms with Crippen molar-refractivity contribution in [3.8, 4) is 0 Å². The SMILES string of the molecule is CN=CCOP1OCCCCS1. The van der Waals surface area contributed by atoms with Gasteiger partial charge in [-0.15, -0.1) is 0 Å². The van der Waals surface area contributed by atoms with E-state index in [2.05, 4.69) is 4.99 Å². The van der Waals surface area contributed by atoms with Crippen LogP contribution >= 0.6 is 19.0 Å². The average molecular weight is 207 g/mol. The summed E-state index contributed by atoms with van der Waals surface area (Å²) in [5, 5.41) is 0. The van der Waals surface area contributed by atoms with E-state index >= 15 is 0 Å². The van der Waals surface area contributed by atoms with Crippen molar-refractivity contribution >= 4 is 25.2 Å². The molecule has 0 spiro atoms. The van der Waals surface area contributed by atoms with Gasteiger partial charge in [0.05, 0.1) is 13.2 Å². The Hall–Kier alpha value is 0.370. The maximum Gasteiger partial charge on any atom is 0.238 e. The standard InChI is InChI=1S/C7H14NO2PS/c1-8-4-6-10-11-9-5-2-3-7-12-11/h4H,2-3,5-7H2,1H3. The molecule has 12 heavy (non-hydrogen) atoms. The van der Waals surface area contributed by atoms with Crippen LogP contribution < -0.4 is 0 Å². The zero-order valence-electron chi connectivity index (χ0n) is 7.23. The highest BCUT2D eigenvalue weighted by atomic mass is 32.7. The molecule has 0 N–H and O–H groups in total. The Morgan fingerprint density at radius 3 is 3.42 bits per heavy atom. The van der Waals surface area contributed by atoms with E-state index in [1.807, 2.05) is 0 Å². The fourth-order valence-corrected chi connectivity index (χ4v) is 3.62. The van der Waals surface area contributed by atoms with Gasteiger partial charge < -0.3 is 9.05 Å². The lowest BCUT2D eigenvalue weighted by Gasteiger charge is -2.11. The lowest BCUT2D eigenvalue weighted by atomic mass is 10.4. The van der Waals surface area contributed by atoms with Gasteiger partial charge in [0.2, 0.25) is 7.58 Å². The number of rotatable bonds is 3. The molecule has 1 aliphatic rings. The maximum atomic E-state index is 5.49. The zero-order chi connectivity index (χ0) is 8.65. The first-order valence-corrected chi connectivity index (χ1v) is 6.80. The summed E-state index contributed by atoms with van der Waals surface area (Å²) in [7, 11) is 1.06. The van der Waals surface area contributed by atoms with Crippen molar-refractivity contribution in [2.24, 2.45) is 4.99 Å². The first-order valence-electron chi connectivity index (χ1n) is 4.03. The molecule has 0 aliphatic carbocycles. The topological polar surface area (TPSA) is 30.8 Å². The normalized spacial score (nSPS) is 25.9. The molecule has 1 fully saturated rings. The molecule has 1 rings (SSSR count). The Bertz CT molecular complexity index is 137. The third kappa shape index (κ3) is 4.41. The van der Waals surface area contributed by atoms with Crippen molar-refractivity contribution in [2.45, 2.75) is 12.8 Å².